The number of fused-ring (bicyclic) bond motifs is 1. The number of likely N-dealkylation sites (tertiary alicyclic amines) is 1. The molecule has 2 amide bonds. The predicted octanol–water partition coefficient (Wildman–Crippen LogP) is 2.30. The number of aliphatic carboxylic acids is 1. The summed E-state index contributed by atoms with van der Waals surface area (Å²) in [5.74, 6) is -0.230. The van der Waals surface area contributed by atoms with Crippen LogP contribution in [-0.2, 0) is 17.6 Å². The highest BCUT2D eigenvalue weighted by Gasteiger charge is 2.42. The summed E-state index contributed by atoms with van der Waals surface area (Å²) in [7, 11) is 0. The van der Waals surface area contributed by atoms with Crippen molar-refractivity contribution in [1.29, 1.82) is 0 Å². The number of amides is 2. The van der Waals surface area contributed by atoms with E-state index in [0.717, 1.165) is 19.3 Å². The minimum absolute atomic E-state index is 0.134. The fraction of sp³-hybridized carbons (Fsp3) is 0.556. The van der Waals surface area contributed by atoms with E-state index in [2.05, 4.69) is 29.6 Å². The molecule has 124 valence electrons. The minimum Gasteiger partial charge on any atom is -0.481 e. The first kappa shape index (κ1) is 15.8. The van der Waals surface area contributed by atoms with E-state index in [1.165, 1.54) is 11.1 Å². The molecule has 1 fully saturated rings. The third-order valence-electron chi connectivity index (χ3n) is 5.24. The molecular formula is C18H24N2O3. The number of nitrogens with one attached hydrogen (secondary N) is 1. The van der Waals surface area contributed by atoms with Gasteiger partial charge in [-0.05, 0) is 49.7 Å². The van der Waals surface area contributed by atoms with Crippen LogP contribution in [0.25, 0.3) is 0 Å². The van der Waals surface area contributed by atoms with Gasteiger partial charge in [-0.15, -0.1) is 0 Å². The molecule has 0 spiro atoms. The Morgan fingerprint density at radius 2 is 1.96 bits per heavy atom. The summed E-state index contributed by atoms with van der Waals surface area (Å²) in [6, 6.07) is 8.40. The van der Waals surface area contributed by atoms with E-state index in [0.29, 0.717) is 32.0 Å². The van der Waals surface area contributed by atoms with E-state index >= 15 is 0 Å². The summed E-state index contributed by atoms with van der Waals surface area (Å²) < 4.78 is 0. The summed E-state index contributed by atoms with van der Waals surface area (Å²) in [4.78, 5) is 25.0. The minimum atomic E-state index is -0.823. The first-order valence-electron chi connectivity index (χ1n) is 8.31. The second-order valence-corrected chi connectivity index (χ2v) is 7.10. The Morgan fingerprint density at radius 1 is 1.30 bits per heavy atom. The van der Waals surface area contributed by atoms with Crippen molar-refractivity contribution in [3.63, 3.8) is 0 Å². The number of carboxylic acids is 1. The van der Waals surface area contributed by atoms with Crippen LogP contribution in [0.2, 0.25) is 0 Å². The lowest BCUT2D eigenvalue weighted by Crippen LogP contribution is -2.41. The van der Waals surface area contributed by atoms with Crippen LogP contribution in [0.15, 0.2) is 24.3 Å². The van der Waals surface area contributed by atoms with Crippen molar-refractivity contribution in [2.24, 2.45) is 11.3 Å². The molecule has 2 aliphatic rings. The molecule has 1 unspecified atom stereocenters. The standard InChI is InChI=1S/C18H24N2O3/c1-18(16(21)22)7-9-20(12-18)17(23)19-8-6-13-10-14-4-2-3-5-15(14)11-13/h2-5,13H,6-12H2,1H3,(H,19,23)(H,21,22). The molecule has 2 N–H and O–H groups in total. The second-order valence-electron chi connectivity index (χ2n) is 7.10. The highest BCUT2D eigenvalue weighted by atomic mass is 16.4. The van der Waals surface area contributed by atoms with Crippen LogP contribution < -0.4 is 5.32 Å². The van der Waals surface area contributed by atoms with Gasteiger partial charge in [-0.25, -0.2) is 4.79 Å². The Hall–Kier alpha value is -2.04. The average molecular weight is 316 g/mol. The molecule has 1 atom stereocenters. The zero-order valence-corrected chi connectivity index (χ0v) is 13.5. The lowest BCUT2D eigenvalue weighted by atomic mass is 9.90. The van der Waals surface area contributed by atoms with Gasteiger partial charge in [0, 0.05) is 19.6 Å². The first-order valence-corrected chi connectivity index (χ1v) is 8.31. The molecule has 5 heteroatoms. The lowest BCUT2D eigenvalue weighted by molar-refractivity contribution is -0.146. The van der Waals surface area contributed by atoms with E-state index in [1.807, 2.05) is 0 Å². The van der Waals surface area contributed by atoms with E-state index in [-0.39, 0.29) is 6.03 Å². The Labute approximate surface area is 136 Å². The van der Waals surface area contributed by atoms with Gasteiger partial charge in [0.1, 0.15) is 0 Å². The van der Waals surface area contributed by atoms with Crippen molar-refractivity contribution in [2.45, 2.75) is 32.6 Å². The van der Waals surface area contributed by atoms with Gasteiger partial charge >= 0.3 is 12.0 Å². The van der Waals surface area contributed by atoms with Crippen LogP contribution in [0.1, 0.15) is 30.9 Å². The van der Waals surface area contributed by atoms with Crippen LogP contribution in [0, 0.1) is 11.3 Å². The van der Waals surface area contributed by atoms with Crippen LogP contribution in [0.3, 0.4) is 0 Å². The second kappa shape index (κ2) is 6.22. The predicted molar refractivity (Wildman–Crippen MR) is 87.3 cm³/mol. The highest BCUT2D eigenvalue weighted by Crippen LogP contribution is 2.30. The van der Waals surface area contributed by atoms with Gasteiger partial charge in [0.05, 0.1) is 5.41 Å². The quantitative estimate of drug-likeness (QED) is 0.895. The van der Waals surface area contributed by atoms with Gasteiger partial charge in [-0.2, -0.15) is 0 Å². The Bertz CT molecular complexity index is 591. The fourth-order valence-corrected chi connectivity index (χ4v) is 3.66. The number of urea groups is 1. The Kier molecular flexibility index (Phi) is 4.28. The first-order chi connectivity index (χ1) is 11.0. The van der Waals surface area contributed by atoms with Gasteiger partial charge in [0.15, 0.2) is 0 Å². The van der Waals surface area contributed by atoms with Crippen molar-refractivity contribution in [1.82, 2.24) is 10.2 Å². The van der Waals surface area contributed by atoms with Gasteiger partial charge < -0.3 is 15.3 Å². The molecular weight excluding hydrogens is 292 g/mol. The molecule has 23 heavy (non-hydrogen) atoms. The summed E-state index contributed by atoms with van der Waals surface area (Å²) in [6.07, 6.45) is 3.66. The summed E-state index contributed by atoms with van der Waals surface area (Å²) >= 11 is 0. The van der Waals surface area contributed by atoms with Gasteiger partial charge in [0.25, 0.3) is 0 Å². The number of nitrogens with zero attached hydrogens (tertiary/aromatic N) is 1. The molecule has 0 bridgehead atoms. The third-order valence-corrected chi connectivity index (χ3v) is 5.24. The van der Waals surface area contributed by atoms with Crippen LogP contribution in [0.4, 0.5) is 4.79 Å². The lowest BCUT2D eigenvalue weighted by Gasteiger charge is -2.21. The highest BCUT2D eigenvalue weighted by molar-refractivity contribution is 5.79. The molecule has 3 rings (SSSR count). The van der Waals surface area contributed by atoms with E-state index in [9.17, 15) is 14.7 Å². The smallest absolute Gasteiger partial charge is 0.317 e. The number of carboxylic acid groups (broad SMARTS) is 1. The van der Waals surface area contributed by atoms with Crippen molar-refractivity contribution < 1.29 is 14.7 Å². The van der Waals surface area contributed by atoms with Crippen LogP contribution in [0.5, 0.6) is 0 Å². The number of carbonyl (C=O) groups is 2. The maximum Gasteiger partial charge on any atom is 0.317 e. The molecule has 0 saturated carbocycles. The molecule has 1 saturated heterocycles. The number of hydrogen-bond acceptors (Lipinski definition) is 2. The number of rotatable bonds is 4. The van der Waals surface area contributed by atoms with Gasteiger partial charge in [-0.3, -0.25) is 4.79 Å². The molecule has 1 aliphatic carbocycles. The topological polar surface area (TPSA) is 69.6 Å². The largest absolute Gasteiger partial charge is 0.481 e. The fourth-order valence-electron chi connectivity index (χ4n) is 3.66. The molecule has 1 aliphatic heterocycles. The zero-order valence-electron chi connectivity index (χ0n) is 13.5. The van der Waals surface area contributed by atoms with Gasteiger partial charge in [-0.1, -0.05) is 24.3 Å². The number of benzene rings is 1. The normalized spacial score (nSPS) is 23.8. The summed E-state index contributed by atoms with van der Waals surface area (Å²) in [6.45, 7) is 3.17. The molecule has 0 aromatic heterocycles. The summed E-state index contributed by atoms with van der Waals surface area (Å²) in [5.41, 5.74) is 2.06. The zero-order chi connectivity index (χ0) is 16.4. The maximum atomic E-state index is 12.2. The van der Waals surface area contributed by atoms with E-state index in [4.69, 9.17) is 0 Å². The molecule has 0 radical (unpaired) electrons. The SMILES string of the molecule is CC1(C(=O)O)CCN(C(=O)NCCC2Cc3ccccc3C2)C1. The van der Waals surface area contributed by atoms with E-state index < -0.39 is 11.4 Å². The molecule has 5 nitrogen and oxygen atoms in total. The van der Waals surface area contributed by atoms with Gasteiger partial charge in [0.2, 0.25) is 0 Å². The maximum absolute atomic E-state index is 12.2. The van der Waals surface area contributed by atoms with Crippen molar-refractivity contribution in [3.05, 3.63) is 35.4 Å². The van der Waals surface area contributed by atoms with E-state index in [1.54, 1.807) is 11.8 Å². The number of carbonyl (C=O) groups excluding carboxylic acids is 1. The Morgan fingerprint density at radius 3 is 2.52 bits per heavy atom. The third kappa shape index (κ3) is 3.33. The average Bonchev–Trinajstić information content (AvgIpc) is 3.11. The van der Waals surface area contributed by atoms with Crippen molar-refractivity contribution in [2.75, 3.05) is 19.6 Å². The van der Waals surface area contributed by atoms with Crippen LogP contribution in [-0.4, -0.2) is 41.6 Å². The monoisotopic (exact) mass is 316 g/mol. The van der Waals surface area contributed by atoms with Crippen molar-refractivity contribution >= 4 is 12.0 Å². The molecule has 1 aromatic rings. The molecule has 1 aromatic carbocycles. The van der Waals surface area contributed by atoms with Crippen molar-refractivity contribution in [3.8, 4) is 0 Å². The Balaban J connectivity index is 1.42. The van der Waals surface area contributed by atoms with Crippen LogP contribution >= 0.6 is 0 Å². The number of hydrogen-bond donors (Lipinski definition) is 2. The summed E-state index contributed by atoms with van der Waals surface area (Å²) in [5, 5.41) is 12.2. The molecule has 1 heterocycles.